The molecule has 0 aliphatic heterocycles. The number of benzene rings is 1. The molecule has 0 spiro atoms. The third-order valence-corrected chi connectivity index (χ3v) is 3.32. The maximum atomic E-state index is 12.3. The normalized spacial score (nSPS) is 10.4. The first-order valence-corrected chi connectivity index (χ1v) is 7.57. The van der Waals surface area contributed by atoms with Gasteiger partial charge in [-0.05, 0) is 30.3 Å². The first-order valence-electron chi connectivity index (χ1n) is 6.78. The van der Waals surface area contributed by atoms with Gasteiger partial charge >= 0.3 is 6.01 Å². The fourth-order valence-corrected chi connectivity index (χ4v) is 2.43. The Hall–Kier alpha value is -2.94. The minimum absolute atomic E-state index is 0.0625. The molecule has 0 saturated heterocycles. The Morgan fingerprint density at radius 3 is 2.71 bits per heavy atom. The lowest BCUT2D eigenvalue weighted by molar-refractivity contribution is -0.114. The summed E-state index contributed by atoms with van der Waals surface area (Å²) in [6, 6.07) is 8.10. The van der Waals surface area contributed by atoms with Crippen LogP contribution in [0.3, 0.4) is 0 Å². The third kappa shape index (κ3) is 3.69. The summed E-state index contributed by atoms with van der Waals surface area (Å²) in [6.45, 7) is 1.38. The van der Waals surface area contributed by atoms with Crippen molar-refractivity contribution in [2.24, 2.45) is 0 Å². The Kier molecular flexibility index (Phi) is 4.43. The summed E-state index contributed by atoms with van der Waals surface area (Å²) >= 11 is 3.29. The molecule has 0 fully saturated rings. The summed E-state index contributed by atoms with van der Waals surface area (Å²) in [7, 11) is 0. The first kappa shape index (κ1) is 15.9. The van der Waals surface area contributed by atoms with Crippen molar-refractivity contribution in [3.63, 3.8) is 0 Å². The molecule has 1 aromatic carbocycles. The van der Waals surface area contributed by atoms with E-state index in [0.717, 1.165) is 0 Å². The van der Waals surface area contributed by atoms with Crippen molar-refractivity contribution in [2.45, 2.75) is 6.92 Å². The summed E-state index contributed by atoms with van der Waals surface area (Å²) in [5.41, 5.74) is 0.801. The second-order valence-corrected chi connectivity index (χ2v) is 5.67. The van der Waals surface area contributed by atoms with E-state index in [1.54, 1.807) is 24.3 Å². The Morgan fingerprint density at radius 2 is 2.00 bits per heavy atom. The van der Waals surface area contributed by atoms with Crippen LogP contribution in [0.2, 0.25) is 0 Å². The molecule has 0 aliphatic carbocycles. The number of nitrogens with zero attached hydrogens (tertiary/aromatic N) is 2. The number of hydrogen-bond acceptors (Lipinski definition) is 6. The van der Waals surface area contributed by atoms with Crippen LogP contribution in [0.15, 0.2) is 49.9 Å². The third-order valence-electron chi connectivity index (χ3n) is 2.86. The number of carbonyl (C=O) groups is 2. The Labute approximate surface area is 144 Å². The predicted molar refractivity (Wildman–Crippen MR) is 88.4 cm³/mol. The molecule has 2 amide bonds. The zero-order valence-electron chi connectivity index (χ0n) is 12.4. The highest BCUT2D eigenvalue weighted by atomic mass is 79.9. The molecule has 0 saturated carbocycles. The first-order chi connectivity index (χ1) is 11.5. The molecule has 2 heterocycles. The molecule has 24 heavy (non-hydrogen) atoms. The van der Waals surface area contributed by atoms with Gasteiger partial charge in [-0.2, -0.15) is 0 Å². The van der Waals surface area contributed by atoms with Crippen LogP contribution in [0.25, 0.3) is 11.7 Å². The molecule has 2 aromatic heterocycles. The molecule has 2 N–H and O–H groups in total. The van der Waals surface area contributed by atoms with Crippen LogP contribution in [0, 0.1) is 0 Å². The molecule has 0 aliphatic rings. The molecule has 0 atom stereocenters. The molecule has 3 rings (SSSR count). The Morgan fingerprint density at radius 1 is 1.17 bits per heavy atom. The highest BCUT2D eigenvalue weighted by Crippen LogP contribution is 2.22. The van der Waals surface area contributed by atoms with Gasteiger partial charge < -0.3 is 14.2 Å². The number of carbonyl (C=O) groups excluding carboxylic acids is 2. The smallest absolute Gasteiger partial charge is 0.322 e. The molecule has 0 bridgehead atoms. The maximum Gasteiger partial charge on any atom is 0.322 e. The van der Waals surface area contributed by atoms with Crippen LogP contribution in [-0.4, -0.2) is 22.0 Å². The van der Waals surface area contributed by atoms with Gasteiger partial charge in [0.05, 0.1) is 6.26 Å². The van der Waals surface area contributed by atoms with Gasteiger partial charge in [-0.1, -0.05) is 21.0 Å². The standard InChI is InChI=1S/C15H11BrN4O4/c1-8(21)17-11-6-9(5-10(16)7-11)13(22)18-15-20-19-14(24-15)12-3-2-4-23-12/h2-7H,1H3,(H,17,21)(H,18,20,22). The molecule has 9 heteroatoms. The van der Waals surface area contributed by atoms with Crippen molar-refractivity contribution >= 4 is 39.4 Å². The number of halogens is 1. The summed E-state index contributed by atoms with van der Waals surface area (Å²) in [5, 5.41) is 12.6. The van der Waals surface area contributed by atoms with Gasteiger partial charge in [0.2, 0.25) is 5.91 Å². The molecule has 0 unspecified atom stereocenters. The van der Waals surface area contributed by atoms with Gasteiger partial charge in [-0.15, -0.1) is 5.10 Å². The average Bonchev–Trinajstić information content (AvgIpc) is 3.16. The summed E-state index contributed by atoms with van der Waals surface area (Å²) < 4.78 is 11.1. The lowest BCUT2D eigenvalue weighted by Gasteiger charge is -2.06. The zero-order valence-corrected chi connectivity index (χ0v) is 14.0. The molecular weight excluding hydrogens is 380 g/mol. The van der Waals surface area contributed by atoms with E-state index in [-0.39, 0.29) is 17.8 Å². The number of anilines is 2. The van der Waals surface area contributed by atoms with Crippen molar-refractivity contribution in [1.82, 2.24) is 10.2 Å². The number of aromatic nitrogens is 2. The second kappa shape index (κ2) is 6.67. The lowest BCUT2D eigenvalue weighted by Crippen LogP contribution is -2.13. The van der Waals surface area contributed by atoms with E-state index in [2.05, 4.69) is 36.8 Å². The van der Waals surface area contributed by atoms with Gasteiger partial charge in [0.15, 0.2) is 5.76 Å². The minimum Gasteiger partial charge on any atom is -0.459 e. The fourth-order valence-electron chi connectivity index (χ4n) is 1.94. The molecule has 122 valence electrons. The van der Waals surface area contributed by atoms with E-state index in [1.807, 2.05) is 0 Å². The Balaban J connectivity index is 1.77. The highest BCUT2D eigenvalue weighted by Gasteiger charge is 2.15. The van der Waals surface area contributed by atoms with Gasteiger partial charge in [0, 0.05) is 22.6 Å². The Bertz CT molecular complexity index is 889. The van der Waals surface area contributed by atoms with Gasteiger partial charge in [0.1, 0.15) is 0 Å². The summed E-state index contributed by atoms with van der Waals surface area (Å²) in [5.74, 6) is -0.140. The summed E-state index contributed by atoms with van der Waals surface area (Å²) in [6.07, 6.45) is 1.48. The van der Waals surface area contributed by atoms with E-state index in [0.29, 0.717) is 21.5 Å². The van der Waals surface area contributed by atoms with E-state index in [4.69, 9.17) is 8.83 Å². The van der Waals surface area contributed by atoms with Crippen molar-refractivity contribution < 1.29 is 18.4 Å². The van der Waals surface area contributed by atoms with Gasteiger partial charge in [0.25, 0.3) is 11.8 Å². The van der Waals surface area contributed by atoms with E-state index in [1.165, 1.54) is 19.3 Å². The van der Waals surface area contributed by atoms with Crippen molar-refractivity contribution in [2.75, 3.05) is 10.6 Å². The summed E-state index contributed by atoms with van der Waals surface area (Å²) in [4.78, 5) is 23.4. The predicted octanol–water partition coefficient (Wildman–Crippen LogP) is 3.30. The van der Waals surface area contributed by atoms with Crippen LogP contribution < -0.4 is 10.6 Å². The van der Waals surface area contributed by atoms with E-state index in [9.17, 15) is 9.59 Å². The fraction of sp³-hybridized carbons (Fsp3) is 0.0667. The average molecular weight is 391 g/mol. The van der Waals surface area contributed by atoms with E-state index < -0.39 is 5.91 Å². The van der Waals surface area contributed by atoms with Crippen LogP contribution in [0.4, 0.5) is 11.7 Å². The van der Waals surface area contributed by atoms with Crippen molar-refractivity contribution in [3.05, 3.63) is 46.6 Å². The monoisotopic (exact) mass is 390 g/mol. The van der Waals surface area contributed by atoms with E-state index >= 15 is 0 Å². The minimum atomic E-state index is -0.461. The largest absolute Gasteiger partial charge is 0.459 e. The number of furan rings is 1. The van der Waals surface area contributed by atoms with Gasteiger partial charge in [-0.25, -0.2) is 0 Å². The second-order valence-electron chi connectivity index (χ2n) is 4.75. The number of hydrogen-bond donors (Lipinski definition) is 2. The molecule has 3 aromatic rings. The number of amides is 2. The lowest BCUT2D eigenvalue weighted by atomic mass is 10.2. The van der Waals surface area contributed by atoms with Crippen molar-refractivity contribution in [3.8, 4) is 11.7 Å². The SMILES string of the molecule is CC(=O)Nc1cc(Br)cc(C(=O)Nc2nnc(-c3ccco3)o2)c1. The van der Waals surface area contributed by atoms with Crippen LogP contribution in [-0.2, 0) is 4.79 Å². The van der Waals surface area contributed by atoms with Gasteiger partial charge in [-0.3, -0.25) is 14.9 Å². The molecule has 0 radical (unpaired) electrons. The maximum absolute atomic E-state index is 12.3. The molecular formula is C15H11BrN4O4. The van der Waals surface area contributed by atoms with Crippen LogP contribution >= 0.6 is 15.9 Å². The quantitative estimate of drug-likeness (QED) is 0.706. The van der Waals surface area contributed by atoms with Crippen LogP contribution in [0.1, 0.15) is 17.3 Å². The highest BCUT2D eigenvalue weighted by molar-refractivity contribution is 9.10. The number of rotatable bonds is 4. The van der Waals surface area contributed by atoms with Crippen LogP contribution in [0.5, 0.6) is 0 Å². The molecule has 8 nitrogen and oxygen atoms in total. The zero-order chi connectivity index (χ0) is 17.1. The van der Waals surface area contributed by atoms with Crippen molar-refractivity contribution in [1.29, 1.82) is 0 Å². The number of nitrogens with one attached hydrogen (secondary N) is 2. The topological polar surface area (TPSA) is 110 Å².